The van der Waals surface area contributed by atoms with Crippen molar-refractivity contribution in [2.75, 3.05) is 13.2 Å². The van der Waals surface area contributed by atoms with E-state index in [0.717, 1.165) is 0 Å². The van der Waals surface area contributed by atoms with Gasteiger partial charge in [0.1, 0.15) is 24.8 Å². The number of halogens is 1. The van der Waals surface area contributed by atoms with Gasteiger partial charge in [-0.05, 0) is 39.5 Å². The van der Waals surface area contributed by atoms with Gasteiger partial charge in [-0.25, -0.2) is 19.4 Å². The monoisotopic (exact) mass is 646 g/mol. The van der Waals surface area contributed by atoms with Crippen LogP contribution in [0, 0.1) is 28.6 Å². The van der Waals surface area contributed by atoms with Gasteiger partial charge in [-0.3, -0.25) is 19.2 Å². The summed E-state index contributed by atoms with van der Waals surface area (Å²) in [5, 5.41) is 0. The van der Waals surface area contributed by atoms with Crippen LogP contribution in [0.3, 0.4) is 0 Å². The molecule has 2 fully saturated rings. The SMILES string of the molecule is CC(=O)C(C)(C)Br.CC(=O)C(C)(C)C(C)(C)C(=O)N1C(=O)OC[C@@H]1C(C)C.CC(C)C(=O)N1C(=O)OC[C@@H]1C(C)C. The van der Waals surface area contributed by atoms with Gasteiger partial charge in [0.15, 0.2) is 0 Å². The van der Waals surface area contributed by atoms with Gasteiger partial charge in [0.25, 0.3) is 0 Å². The second-order valence-corrected chi connectivity index (χ2v) is 15.1. The molecular weight excluding hydrogens is 596 g/mol. The fraction of sp³-hybridized carbons (Fsp3) is 0.800. The lowest BCUT2D eigenvalue weighted by atomic mass is 9.65. The van der Waals surface area contributed by atoms with E-state index in [1.807, 2.05) is 41.5 Å². The molecule has 2 saturated heterocycles. The number of ketones is 2. The summed E-state index contributed by atoms with van der Waals surface area (Å²) >= 11 is 3.19. The predicted molar refractivity (Wildman–Crippen MR) is 160 cm³/mol. The van der Waals surface area contributed by atoms with Crippen LogP contribution in [0.2, 0.25) is 0 Å². The summed E-state index contributed by atoms with van der Waals surface area (Å²) in [6.07, 6.45) is -1.11. The third-order valence-corrected chi connectivity index (χ3v) is 8.67. The maximum Gasteiger partial charge on any atom is 0.417 e. The standard InChI is InChI=1S/C15H25NO4.C10H17NO3.C5H9BrO/c1-9(2)11-8-20-13(19)16(11)12(18)15(6,7)14(4,5)10(3)17;1-6(2)8-5-14-10(13)11(8)9(12)7(3)4;1-4(7)5(2,3)6/h9,11H,8H2,1-7H3;6-8H,5H2,1-4H3;1-3H3/t11-;8-;/m11./s1. The first-order valence-corrected chi connectivity index (χ1v) is 14.8. The second kappa shape index (κ2) is 14.7. The topological polar surface area (TPSA) is 127 Å². The number of ether oxygens (including phenoxy) is 2. The maximum atomic E-state index is 12.8. The molecule has 2 aliphatic rings. The average Bonchev–Trinajstić information content (AvgIpc) is 3.40. The molecule has 0 aromatic carbocycles. The van der Waals surface area contributed by atoms with Crippen LogP contribution in [-0.4, -0.2) is 75.0 Å². The minimum absolute atomic E-state index is 0.0792. The Morgan fingerprint density at radius 2 is 1.05 bits per heavy atom. The first-order valence-electron chi connectivity index (χ1n) is 14.0. The third kappa shape index (κ3) is 9.61. The quantitative estimate of drug-likeness (QED) is 0.307. The van der Waals surface area contributed by atoms with E-state index >= 15 is 0 Å². The second-order valence-electron chi connectivity index (χ2n) is 13.1. The van der Waals surface area contributed by atoms with E-state index in [4.69, 9.17) is 9.47 Å². The zero-order valence-corrected chi connectivity index (χ0v) is 28.9. The van der Waals surface area contributed by atoms with Crippen molar-refractivity contribution in [3.63, 3.8) is 0 Å². The number of rotatable bonds is 7. The van der Waals surface area contributed by atoms with Crippen LogP contribution < -0.4 is 0 Å². The molecular formula is C30H51BrN2O8. The Hall–Kier alpha value is -2.30. The fourth-order valence-corrected chi connectivity index (χ4v) is 3.63. The number of amides is 4. The van der Waals surface area contributed by atoms with Crippen molar-refractivity contribution in [1.29, 1.82) is 0 Å². The Balaban J connectivity index is 0.000000659. The van der Waals surface area contributed by atoms with Crippen LogP contribution in [0.4, 0.5) is 9.59 Å². The molecule has 0 N–H and O–H groups in total. The lowest BCUT2D eigenvalue weighted by molar-refractivity contribution is -0.151. The van der Waals surface area contributed by atoms with E-state index in [0.29, 0.717) is 6.61 Å². The van der Waals surface area contributed by atoms with Crippen molar-refractivity contribution in [3.8, 4) is 0 Å². The fourth-order valence-electron chi connectivity index (χ4n) is 3.63. The third-order valence-electron chi connectivity index (χ3n) is 8.12. The van der Waals surface area contributed by atoms with E-state index in [1.54, 1.807) is 48.5 Å². The molecule has 11 heteroatoms. The zero-order chi connectivity index (χ0) is 32.8. The van der Waals surface area contributed by atoms with Crippen molar-refractivity contribution in [2.45, 2.75) is 113 Å². The molecule has 4 amide bonds. The number of nitrogens with zero attached hydrogens (tertiary/aromatic N) is 2. The van der Waals surface area contributed by atoms with Crippen LogP contribution in [0.1, 0.15) is 96.9 Å². The van der Waals surface area contributed by atoms with Crippen LogP contribution in [0.5, 0.6) is 0 Å². The van der Waals surface area contributed by atoms with Crippen molar-refractivity contribution < 1.29 is 38.2 Å². The number of imide groups is 2. The molecule has 41 heavy (non-hydrogen) atoms. The number of carbonyl (C=O) groups is 6. The molecule has 0 unspecified atom stereocenters. The van der Waals surface area contributed by atoms with Crippen molar-refractivity contribution in [2.24, 2.45) is 28.6 Å². The Morgan fingerprint density at radius 1 is 0.707 bits per heavy atom. The Kier molecular flexibility index (Phi) is 13.9. The molecule has 0 saturated carbocycles. The number of carbonyl (C=O) groups excluding carboxylic acids is 6. The van der Waals surface area contributed by atoms with Crippen LogP contribution >= 0.6 is 15.9 Å². The normalized spacial score (nSPS) is 19.4. The smallest absolute Gasteiger partial charge is 0.417 e. The van der Waals surface area contributed by atoms with Crippen LogP contribution in [0.25, 0.3) is 0 Å². The Labute approximate surface area is 254 Å². The van der Waals surface area contributed by atoms with Crippen molar-refractivity contribution >= 4 is 51.5 Å². The molecule has 0 aromatic rings. The lowest BCUT2D eigenvalue weighted by Gasteiger charge is -2.41. The Bertz CT molecular complexity index is 995. The molecule has 2 rings (SSSR count). The number of hydrogen-bond donors (Lipinski definition) is 0. The largest absolute Gasteiger partial charge is 0.447 e. The molecule has 10 nitrogen and oxygen atoms in total. The van der Waals surface area contributed by atoms with E-state index in [2.05, 4.69) is 15.9 Å². The number of hydrogen-bond acceptors (Lipinski definition) is 8. The van der Waals surface area contributed by atoms with Crippen LogP contribution in [0.15, 0.2) is 0 Å². The van der Waals surface area contributed by atoms with Crippen molar-refractivity contribution in [1.82, 2.24) is 9.80 Å². The number of cyclic esters (lactones) is 2. The molecule has 0 spiro atoms. The van der Waals surface area contributed by atoms with E-state index < -0.39 is 23.0 Å². The summed E-state index contributed by atoms with van der Waals surface area (Å²) in [6, 6.07) is -0.366. The molecule has 0 radical (unpaired) electrons. The number of Topliss-reactive ketones (excluding diaryl/α,β-unsaturated/α-hetero) is 2. The highest BCUT2D eigenvalue weighted by Gasteiger charge is 2.52. The van der Waals surface area contributed by atoms with Gasteiger partial charge < -0.3 is 9.47 Å². The van der Waals surface area contributed by atoms with Gasteiger partial charge in [-0.1, -0.05) is 85.2 Å². The maximum absolute atomic E-state index is 12.8. The van der Waals surface area contributed by atoms with Gasteiger partial charge in [-0.2, -0.15) is 0 Å². The summed E-state index contributed by atoms with van der Waals surface area (Å²) in [6.45, 7) is 25.5. The van der Waals surface area contributed by atoms with Gasteiger partial charge in [0.2, 0.25) is 11.8 Å². The van der Waals surface area contributed by atoms with Gasteiger partial charge in [0, 0.05) is 11.3 Å². The summed E-state index contributed by atoms with van der Waals surface area (Å²) in [7, 11) is 0. The first kappa shape index (κ1) is 38.7. The molecule has 2 heterocycles. The van der Waals surface area contributed by atoms with Gasteiger partial charge >= 0.3 is 12.2 Å². The van der Waals surface area contributed by atoms with E-state index in [-0.39, 0.29) is 64.1 Å². The minimum atomic E-state index is -0.977. The highest BCUT2D eigenvalue weighted by molar-refractivity contribution is 9.10. The summed E-state index contributed by atoms with van der Waals surface area (Å²) in [5.74, 6) is -0.227. The average molecular weight is 648 g/mol. The highest BCUT2D eigenvalue weighted by Crippen LogP contribution is 2.42. The molecule has 0 aliphatic carbocycles. The Morgan fingerprint density at radius 3 is 1.34 bits per heavy atom. The van der Waals surface area contributed by atoms with Gasteiger partial charge in [0.05, 0.1) is 21.8 Å². The van der Waals surface area contributed by atoms with Gasteiger partial charge in [-0.15, -0.1) is 0 Å². The minimum Gasteiger partial charge on any atom is -0.447 e. The molecule has 0 aromatic heterocycles. The summed E-state index contributed by atoms with van der Waals surface area (Å²) in [5.41, 5.74) is -1.83. The van der Waals surface area contributed by atoms with Crippen molar-refractivity contribution in [3.05, 3.63) is 0 Å². The van der Waals surface area contributed by atoms with E-state index in [9.17, 15) is 28.8 Å². The first-order chi connectivity index (χ1) is 18.3. The lowest BCUT2D eigenvalue weighted by Crippen LogP contribution is -2.54. The van der Waals surface area contributed by atoms with E-state index in [1.165, 1.54) is 16.7 Å². The van der Waals surface area contributed by atoms with Crippen LogP contribution in [-0.2, 0) is 28.7 Å². The number of alkyl halides is 1. The summed E-state index contributed by atoms with van der Waals surface area (Å²) < 4.78 is 9.56. The molecule has 236 valence electrons. The zero-order valence-electron chi connectivity index (χ0n) is 27.3. The summed E-state index contributed by atoms with van der Waals surface area (Å²) in [4.78, 5) is 72.4. The molecule has 2 atom stereocenters. The highest BCUT2D eigenvalue weighted by atomic mass is 79.9. The predicted octanol–water partition coefficient (Wildman–Crippen LogP) is 6.03. The molecule has 2 aliphatic heterocycles. The molecule has 0 bridgehead atoms.